The quantitative estimate of drug-likeness (QED) is 0.396. The molecule has 7 nitrogen and oxygen atoms in total. The highest BCUT2D eigenvalue weighted by Crippen LogP contribution is 2.26. The molecule has 0 spiro atoms. The van der Waals surface area contributed by atoms with Crippen LogP contribution in [0.2, 0.25) is 0 Å². The zero-order valence-corrected chi connectivity index (χ0v) is 10.2. The van der Waals surface area contributed by atoms with E-state index < -0.39 is 4.92 Å². The number of nitrogens with zero attached hydrogens (tertiary/aromatic N) is 4. The van der Waals surface area contributed by atoms with E-state index in [2.05, 4.69) is 10.2 Å². The molecule has 2 aromatic rings. The number of hydrogen-bond acceptors (Lipinski definition) is 6. The van der Waals surface area contributed by atoms with E-state index in [1.807, 2.05) is 6.07 Å². The highest BCUT2D eigenvalue weighted by molar-refractivity contribution is 5.58. The summed E-state index contributed by atoms with van der Waals surface area (Å²) in [6, 6.07) is 12.4. The van der Waals surface area contributed by atoms with Gasteiger partial charge in [0.15, 0.2) is 0 Å². The van der Waals surface area contributed by atoms with Gasteiger partial charge in [-0.15, -0.1) is 5.11 Å². The monoisotopic (exact) mass is 267 g/mol. The van der Waals surface area contributed by atoms with Crippen LogP contribution in [0.25, 0.3) is 0 Å². The van der Waals surface area contributed by atoms with E-state index in [1.54, 1.807) is 24.3 Å². The first-order valence-electron chi connectivity index (χ1n) is 5.56. The molecule has 0 radical (unpaired) electrons. The molecule has 2 N–H and O–H groups in total. The summed E-state index contributed by atoms with van der Waals surface area (Å²) in [6.45, 7) is 0. The van der Waals surface area contributed by atoms with Gasteiger partial charge in [-0.05, 0) is 30.3 Å². The standard InChI is InChI=1S/C13H9N5O2/c14-8-9-7-12(18(19)20)5-6-13(9)17-16-11-3-1-10(15)2-4-11/h1-7H,15H2. The fourth-order valence-corrected chi connectivity index (χ4v) is 1.47. The maximum absolute atomic E-state index is 10.6. The molecule has 0 aliphatic heterocycles. The molecule has 0 saturated carbocycles. The molecule has 2 rings (SSSR count). The maximum Gasteiger partial charge on any atom is 0.270 e. The van der Waals surface area contributed by atoms with E-state index in [4.69, 9.17) is 11.0 Å². The summed E-state index contributed by atoms with van der Waals surface area (Å²) in [4.78, 5) is 10.1. The van der Waals surface area contributed by atoms with Crippen LogP contribution in [0, 0.1) is 21.4 Å². The Labute approximate surface area is 114 Å². The van der Waals surface area contributed by atoms with Crippen molar-refractivity contribution in [2.45, 2.75) is 0 Å². The van der Waals surface area contributed by atoms with Crippen LogP contribution in [-0.2, 0) is 0 Å². The number of anilines is 1. The van der Waals surface area contributed by atoms with Gasteiger partial charge >= 0.3 is 0 Å². The fourth-order valence-electron chi connectivity index (χ4n) is 1.47. The third-order valence-electron chi connectivity index (χ3n) is 2.48. The summed E-state index contributed by atoms with van der Waals surface area (Å²) in [5.41, 5.74) is 6.93. The molecule has 0 fully saturated rings. The lowest BCUT2D eigenvalue weighted by Crippen LogP contribution is -1.88. The second-order valence-corrected chi connectivity index (χ2v) is 3.86. The zero-order chi connectivity index (χ0) is 14.5. The van der Waals surface area contributed by atoms with Gasteiger partial charge in [-0.3, -0.25) is 10.1 Å². The molecular weight excluding hydrogens is 258 g/mol. The van der Waals surface area contributed by atoms with Crippen LogP contribution in [0.15, 0.2) is 52.7 Å². The summed E-state index contributed by atoms with van der Waals surface area (Å²) in [5, 5.41) is 27.5. The van der Waals surface area contributed by atoms with E-state index in [0.717, 1.165) is 6.07 Å². The van der Waals surface area contributed by atoms with Crippen LogP contribution in [0.4, 0.5) is 22.7 Å². The lowest BCUT2D eigenvalue weighted by atomic mass is 10.2. The Kier molecular flexibility index (Phi) is 3.67. The van der Waals surface area contributed by atoms with Gasteiger partial charge < -0.3 is 5.73 Å². The molecule has 0 aliphatic rings. The fraction of sp³-hybridized carbons (Fsp3) is 0. The van der Waals surface area contributed by atoms with E-state index in [9.17, 15) is 10.1 Å². The number of nitriles is 1. The van der Waals surface area contributed by atoms with Crippen molar-refractivity contribution in [3.05, 3.63) is 58.1 Å². The molecule has 0 aromatic heterocycles. The van der Waals surface area contributed by atoms with E-state index in [1.165, 1.54) is 12.1 Å². The zero-order valence-electron chi connectivity index (χ0n) is 10.2. The van der Waals surface area contributed by atoms with Crippen LogP contribution in [0.1, 0.15) is 5.56 Å². The van der Waals surface area contributed by atoms with Crippen molar-refractivity contribution in [1.82, 2.24) is 0 Å². The number of rotatable bonds is 3. The Morgan fingerprint density at radius 3 is 2.45 bits per heavy atom. The minimum Gasteiger partial charge on any atom is -0.399 e. The molecule has 0 unspecified atom stereocenters. The van der Waals surface area contributed by atoms with Gasteiger partial charge in [0.25, 0.3) is 5.69 Å². The number of nitro benzene ring substituents is 1. The smallest absolute Gasteiger partial charge is 0.270 e. The van der Waals surface area contributed by atoms with Crippen molar-refractivity contribution in [3.8, 4) is 6.07 Å². The maximum atomic E-state index is 10.6. The second kappa shape index (κ2) is 5.58. The lowest BCUT2D eigenvalue weighted by Gasteiger charge is -1.97. The van der Waals surface area contributed by atoms with Gasteiger partial charge in [-0.2, -0.15) is 10.4 Å². The Morgan fingerprint density at radius 2 is 1.85 bits per heavy atom. The number of benzene rings is 2. The first kappa shape index (κ1) is 13.2. The summed E-state index contributed by atoms with van der Waals surface area (Å²) in [5.74, 6) is 0. The van der Waals surface area contributed by atoms with Crippen LogP contribution in [0.3, 0.4) is 0 Å². The van der Waals surface area contributed by atoms with Crippen molar-refractivity contribution in [2.75, 3.05) is 5.73 Å². The largest absolute Gasteiger partial charge is 0.399 e. The van der Waals surface area contributed by atoms with Crippen molar-refractivity contribution >= 4 is 22.7 Å². The van der Waals surface area contributed by atoms with Crippen LogP contribution in [-0.4, -0.2) is 4.92 Å². The number of non-ortho nitro benzene ring substituents is 1. The molecule has 0 saturated heterocycles. The number of hydrogen-bond donors (Lipinski definition) is 1. The third kappa shape index (κ3) is 2.94. The molecule has 0 amide bonds. The Bertz CT molecular complexity index is 717. The van der Waals surface area contributed by atoms with Crippen molar-refractivity contribution in [3.63, 3.8) is 0 Å². The van der Waals surface area contributed by atoms with Crippen LogP contribution < -0.4 is 5.73 Å². The average Bonchev–Trinajstić information content (AvgIpc) is 2.46. The Balaban J connectivity index is 2.31. The van der Waals surface area contributed by atoms with Gasteiger partial charge in [0.1, 0.15) is 11.8 Å². The summed E-state index contributed by atoms with van der Waals surface area (Å²) in [6.07, 6.45) is 0. The molecule has 0 atom stereocenters. The van der Waals surface area contributed by atoms with Gasteiger partial charge in [-0.1, -0.05) is 0 Å². The Morgan fingerprint density at radius 1 is 1.15 bits per heavy atom. The molecule has 20 heavy (non-hydrogen) atoms. The van der Waals surface area contributed by atoms with Crippen molar-refractivity contribution in [2.24, 2.45) is 10.2 Å². The normalized spacial score (nSPS) is 10.3. The summed E-state index contributed by atoms with van der Waals surface area (Å²) < 4.78 is 0. The molecule has 98 valence electrons. The highest BCUT2D eigenvalue weighted by atomic mass is 16.6. The molecule has 0 heterocycles. The Hall–Kier alpha value is -3.27. The number of nitrogen functional groups attached to an aromatic ring is 1. The predicted octanol–water partition coefficient (Wildman–Crippen LogP) is 3.46. The SMILES string of the molecule is N#Cc1cc([N+](=O)[O-])ccc1N=Nc1ccc(N)cc1. The molecule has 0 aliphatic carbocycles. The highest BCUT2D eigenvalue weighted by Gasteiger charge is 2.10. The molecule has 0 bridgehead atoms. The van der Waals surface area contributed by atoms with Crippen molar-refractivity contribution in [1.29, 1.82) is 5.26 Å². The van der Waals surface area contributed by atoms with Crippen molar-refractivity contribution < 1.29 is 4.92 Å². The van der Waals surface area contributed by atoms with Gasteiger partial charge in [-0.25, -0.2) is 0 Å². The molecular formula is C13H9N5O2. The number of nitrogens with two attached hydrogens (primary N) is 1. The van der Waals surface area contributed by atoms with E-state index >= 15 is 0 Å². The van der Waals surface area contributed by atoms with E-state index in [-0.39, 0.29) is 16.9 Å². The van der Waals surface area contributed by atoms with Gasteiger partial charge in [0.05, 0.1) is 16.2 Å². The lowest BCUT2D eigenvalue weighted by molar-refractivity contribution is -0.384. The summed E-state index contributed by atoms with van der Waals surface area (Å²) in [7, 11) is 0. The van der Waals surface area contributed by atoms with E-state index in [0.29, 0.717) is 11.4 Å². The topological polar surface area (TPSA) is 118 Å². The molecule has 2 aromatic carbocycles. The second-order valence-electron chi connectivity index (χ2n) is 3.86. The average molecular weight is 267 g/mol. The van der Waals surface area contributed by atoms with Crippen LogP contribution >= 0.6 is 0 Å². The van der Waals surface area contributed by atoms with Gasteiger partial charge in [0.2, 0.25) is 0 Å². The molecule has 7 heteroatoms. The first-order valence-corrected chi connectivity index (χ1v) is 5.56. The van der Waals surface area contributed by atoms with Gasteiger partial charge in [0, 0.05) is 17.8 Å². The minimum absolute atomic E-state index is 0.0957. The predicted molar refractivity (Wildman–Crippen MR) is 72.8 cm³/mol. The minimum atomic E-state index is -0.568. The third-order valence-corrected chi connectivity index (χ3v) is 2.48. The number of azo groups is 1. The van der Waals surface area contributed by atoms with Crippen LogP contribution in [0.5, 0.6) is 0 Å². The number of nitro groups is 1. The first-order chi connectivity index (χ1) is 9.60. The summed E-state index contributed by atoms with van der Waals surface area (Å²) >= 11 is 0.